The minimum absolute atomic E-state index is 0.00769. The number of nitrogens with zero attached hydrogens (tertiary/aromatic N) is 3. The molecule has 2 atom stereocenters. The summed E-state index contributed by atoms with van der Waals surface area (Å²) in [4.78, 5) is 22.9. The molecule has 0 aromatic carbocycles. The molecule has 0 spiro atoms. The van der Waals surface area contributed by atoms with Crippen molar-refractivity contribution in [2.24, 2.45) is 0 Å². The van der Waals surface area contributed by atoms with Gasteiger partial charge in [-0.15, -0.1) is 0 Å². The van der Waals surface area contributed by atoms with Crippen molar-refractivity contribution in [3.8, 4) is 0 Å². The summed E-state index contributed by atoms with van der Waals surface area (Å²) in [6.07, 6.45) is 7.76. The summed E-state index contributed by atoms with van der Waals surface area (Å²) in [5.74, 6) is 1.59. The summed E-state index contributed by atoms with van der Waals surface area (Å²) in [5, 5.41) is 6.01. The Morgan fingerprint density at radius 3 is 3.00 bits per heavy atom. The molecular formula is C17H23N5O2. The second-order valence-electron chi connectivity index (χ2n) is 6.14. The third-order valence-electron chi connectivity index (χ3n) is 4.06. The predicted molar refractivity (Wildman–Crippen MR) is 90.8 cm³/mol. The molecule has 0 bridgehead atoms. The second-order valence-corrected chi connectivity index (χ2v) is 6.14. The summed E-state index contributed by atoms with van der Waals surface area (Å²) in [7, 11) is 0. The van der Waals surface area contributed by atoms with Crippen LogP contribution in [-0.2, 0) is 6.42 Å². The molecule has 128 valence electrons. The van der Waals surface area contributed by atoms with E-state index in [4.69, 9.17) is 4.42 Å². The molecule has 1 fully saturated rings. The molecule has 24 heavy (non-hydrogen) atoms. The van der Waals surface area contributed by atoms with E-state index in [-0.39, 0.29) is 18.1 Å². The fraction of sp³-hybridized carbons (Fsp3) is 0.471. The molecule has 0 unspecified atom stereocenters. The number of piperidine rings is 1. The topological polar surface area (TPSA) is 83.3 Å². The van der Waals surface area contributed by atoms with Crippen molar-refractivity contribution in [3.05, 3.63) is 42.6 Å². The van der Waals surface area contributed by atoms with Gasteiger partial charge in [0.05, 0.1) is 6.26 Å². The van der Waals surface area contributed by atoms with Gasteiger partial charge in [0.15, 0.2) is 0 Å². The highest BCUT2D eigenvalue weighted by Gasteiger charge is 2.23. The van der Waals surface area contributed by atoms with Gasteiger partial charge >= 0.3 is 6.03 Å². The Morgan fingerprint density at radius 1 is 1.42 bits per heavy atom. The molecule has 3 heterocycles. The Labute approximate surface area is 141 Å². The molecule has 0 radical (unpaired) electrons. The number of amides is 2. The molecule has 1 aliphatic heterocycles. The van der Waals surface area contributed by atoms with Gasteiger partial charge in [-0.2, -0.15) is 0 Å². The summed E-state index contributed by atoms with van der Waals surface area (Å²) >= 11 is 0. The smallest absolute Gasteiger partial charge is 0.315 e. The number of urea groups is 1. The zero-order chi connectivity index (χ0) is 16.8. The van der Waals surface area contributed by atoms with Gasteiger partial charge in [0.1, 0.15) is 5.76 Å². The molecule has 1 saturated heterocycles. The van der Waals surface area contributed by atoms with Crippen LogP contribution in [0.25, 0.3) is 0 Å². The third-order valence-corrected chi connectivity index (χ3v) is 4.06. The van der Waals surface area contributed by atoms with Crippen LogP contribution in [0.15, 0.2) is 41.3 Å². The van der Waals surface area contributed by atoms with Gasteiger partial charge in [-0.25, -0.2) is 14.8 Å². The number of nitrogens with one attached hydrogen (secondary N) is 2. The van der Waals surface area contributed by atoms with E-state index in [0.29, 0.717) is 6.42 Å². The van der Waals surface area contributed by atoms with Crippen LogP contribution in [0.5, 0.6) is 0 Å². The van der Waals surface area contributed by atoms with E-state index in [1.165, 1.54) is 0 Å². The lowest BCUT2D eigenvalue weighted by molar-refractivity contribution is 0.231. The SMILES string of the molecule is C[C@@H](Cc1ccco1)NC(=O)N[C@H]1CCCN(c2ncccn2)C1. The van der Waals surface area contributed by atoms with E-state index < -0.39 is 0 Å². The van der Waals surface area contributed by atoms with E-state index >= 15 is 0 Å². The van der Waals surface area contributed by atoms with E-state index in [0.717, 1.165) is 37.6 Å². The maximum absolute atomic E-state index is 12.2. The molecule has 2 aromatic heterocycles. The van der Waals surface area contributed by atoms with Crippen molar-refractivity contribution in [2.75, 3.05) is 18.0 Å². The monoisotopic (exact) mass is 329 g/mol. The fourth-order valence-electron chi connectivity index (χ4n) is 2.96. The largest absolute Gasteiger partial charge is 0.469 e. The van der Waals surface area contributed by atoms with Crippen molar-refractivity contribution in [1.29, 1.82) is 0 Å². The Kier molecular flexibility index (Phi) is 5.30. The van der Waals surface area contributed by atoms with E-state index in [1.807, 2.05) is 19.1 Å². The average molecular weight is 329 g/mol. The number of carbonyl (C=O) groups is 1. The van der Waals surface area contributed by atoms with Gasteiger partial charge in [0.2, 0.25) is 5.95 Å². The van der Waals surface area contributed by atoms with Crippen LogP contribution < -0.4 is 15.5 Å². The average Bonchev–Trinajstić information content (AvgIpc) is 3.08. The summed E-state index contributed by atoms with van der Waals surface area (Å²) in [6.45, 7) is 3.61. The zero-order valence-electron chi connectivity index (χ0n) is 13.8. The first-order valence-corrected chi connectivity index (χ1v) is 8.32. The fourth-order valence-corrected chi connectivity index (χ4v) is 2.96. The van der Waals surface area contributed by atoms with Gasteiger partial charge in [-0.3, -0.25) is 0 Å². The third kappa shape index (κ3) is 4.47. The van der Waals surface area contributed by atoms with Gasteiger partial charge < -0.3 is 20.0 Å². The lowest BCUT2D eigenvalue weighted by atomic mass is 10.1. The Morgan fingerprint density at radius 2 is 2.25 bits per heavy atom. The van der Waals surface area contributed by atoms with Crippen LogP contribution in [0, 0.1) is 0 Å². The first kappa shape index (κ1) is 16.3. The number of furan rings is 1. The number of rotatable bonds is 5. The number of hydrogen-bond donors (Lipinski definition) is 2. The van der Waals surface area contributed by atoms with Crippen LogP contribution in [0.3, 0.4) is 0 Å². The predicted octanol–water partition coefficient (Wildman–Crippen LogP) is 1.97. The van der Waals surface area contributed by atoms with Crippen LogP contribution in [0.4, 0.5) is 10.7 Å². The maximum Gasteiger partial charge on any atom is 0.315 e. The highest BCUT2D eigenvalue weighted by molar-refractivity contribution is 5.74. The molecular weight excluding hydrogens is 306 g/mol. The standard InChI is InChI=1S/C17H23N5O2/c1-13(11-15-6-3-10-24-15)20-17(23)21-14-5-2-9-22(12-14)16-18-7-4-8-19-16/h3-4,6-8,10,13-14H,2,5,9,11-12H2,1H3,(H2,20,21,23)/t13-,14-/m0/s1. The molecule has 7 heteroatoms. The number of carbonyl (C=O) groups excluding carboxylic acids is 1. The van der Waals surface area contributed by atoms with E-state index in [2.05, 4.69) is 25.5 Å². The lowest BCUT2D eigenvalue weighted by Gasteiger charge is -2.33. The lowest BCUT2D eigenvalue weighted by Crippen LogP contribution is -2.52. The van der Waals surface area contributed by atoms with Crippen molar-refractivity contribution < 1.29 is 9.21 Å². The number of anilines is 1. The van der Waals surface area contributed by atoms with Crippen LogP contribution >= 0.6 is 0 Å². The van der Waals surface area contributed by atoms with Gasteiger partial charge in [0, 0.05) is 44.0 Å². The summed E-state index contributed by atoms with van der Waals surface area (Å²) < 4.78 is 5.31. The van der Waals surface area contributed by atoms with E-state index in [9.17, 15) is 4.79 Å². The van der Waals surface area contributed by atoms with Gasteiger partial charge in [-0.05, 0) is 38.0 Å². The van der Waals surface area contributed by atoms with Crippen molar-refractivity contribution in [1.82, 2.24) is 20.6 Å². The summed E-state index contributed by atoms with van der Waals surface area (Å²) in [5.41, 5.74) is 0. The molecule has 2 aromatic rings. The van der Waals surface area contributed by atoms with Gasteiger partial charge in [0.25, 0.3) is 0 Å². The van der Waals surface area contributed by atoms with Crippen molar-refractivity contribution in [3.63, 3.8) is 0 Å². The highest BCUT2D eigenvalue weighted by Crippen LogP contribution is 2.15. The summed E-state index contributed by atoms with van der Waals surface area (Å²) in [6, 6.07) is 5.53. The minimum atomic E-state index is -0.144. The quantitative estimate of drug-likeness (QED) is 0.876. The molecule has 3 rings (SSSR count). The normalized spacial score (nSPS) is 18.9. The second kappa shape index (κ2) is 7.81. The molecule has 0 aliphatic carbocycles. The molecule has 1 aliphatic rings. The molecule has 0 saturated carbocycles. The first-order valence-electron chi connectivity index (χ1n) is 8.32. The van der Waals surface area contributed by atoms with Crippen molar-refractivity contribution in [2.45, 2.75) is 38.3 Å². The molecule has 7 nitrogen and oxygen atoms in total. The highest BCUT2D eigenvalue weighted by atomic mass is 16.3. The molecule has 2 amide bonds. The molecule has 2 N–H and O–H groups in total. The van der Waals surface area contributed by atoms with Crippen molar-refractivity contribution >= 4 is 12.0 Å². The Bertz CT molecular complexity index is 632. The minimum Gasteiger partial charge on any atom is -0.469 e. The number of aromatic nitrogens is 2. The number of hydrogen-bond acceptors (Lipinski definition) is 5. The Balaban J connectivity index is 1.47. The first-order chi connectivity index (χ1) is 11.7. The van der Waals surface area contributed by atoms with E-state index in [1.54, 1.807) is 24.7 Å². The Hall–Kier alpha value is -2.57. The van der Waals surface area contributed by atoms with Crippen LogP contribution in [0.2, 0.25) is 0 Å². The van der Waals surface area contributed by atoms with Crippen LogP contribution in [0.1, 0.15) is 25.5 Å². The zero-order valence-corrected chi connectivity index (χ0v) is 13.8. The maximum atomic E-state index is 12.2. The van der Waals surface area contributed by atoms with Gasteiger partial charge in [-0.1, -0.05) is 0 Å². The van der Waals surface area contributed by atoms with Crippen LogP contribution in [-0.4, -0.2) is 41.2 Å².